The number of nitrogens with one attached hydrogen (secondary N) is 1. The number of hydrogen-bond donors (Lipinski definition) is 1. The Hall–Kier alpha value is -2.56. The number of aromatic nitrogens is 1. The van der Waals surface area contributed by atoms with Gasteiger partial charge in [0.15, 0.2) is 0 Å². The summed E-state index contributed by atoms with van der Waals surface area (Å²) in [4.78, 5) is 23.3. The molecular weight excluding hydrogens is 268 g/mol. The van der Waals surface area contributed by atoms with Crippen LogP contribution in [0.25, 0.3) is 0 Å². The van der Waals surface area contributed by atoms with Crippen molar-refractivity contribution in [2.24, 2.45) is 0 Å². The molecule has 0 spiro atoms. The fraction of sp³-hybridized carbons (Fsp3) is 0.250. The van der Waals surface area contributed by atoms with Crippen molar-refractivity contribution in [3.05, 3.63) is 54.4 Å². The molecular formula is C16H18N2O3. The first kappa shape index (κ1) is 14.8. The molecule has 2 aromatic rings. The minimum atomic E-state index is -0.358. The van der Waals surface area contributed by atoms with Crippen molar-refractivity contribution in [2.75, 3.05) is 11.9 Å². The van der Waals surface area contributed by atoms with Crippen LogP contribution in [0.3, 0.4) is 0 Å². The third-order valence-electron chi connectivity index (χ3n) is 2.94. The minimum absolute atomic E-state index is 0.0624. The van der Waals surface area contributed by atoms with E-state index in [1.807, 2.05) is 29.1 Å². The Morgan fingerprint density at radius 2 is 1.81 bits per heavy atom. The monoisotopic (exact) mass is 286 g/mol. The highest BCUT2D eigenvalue weighted by molar-refractivity contribution is 5.93. The van der Waals surface area contributed by atoms with Crippen LogP contribution in [0.2, 0.25) is 0 Å². The molecule has 0 aliphatic heterocycles. The topological polar surface area (TPSA) is 60.3 Å². The van der Waals surface area contributed by atoms with Crippen molar-refractivity contribution >= 4 is 17.6 Å². The molecule has 0 atom stereocenters. The standard InChI is InChI=1S/C16H18N2O3/c1-2-21-16(20)13-5-7-14(8-6-13)17-15(19)9-12-18-10-3-4-11-18/h3-8,10-11H,2,9,12H2,1H3,(H,17,19). The second kappa shape index (κ2) is 7.28. The number of aryl methyl sites for hydroxylation is 1. The maximum atomic E-state index is 11.8. The van der Waals surface area contributed by atoms with Crippen LogP contribution < -0.4 is 5.32 Å². The smallest absolute Gasteiger partial charge is 0.338 e. The average Bonchev–Trinajstić information content (AvgIpc) is 2.99. The van der Waals surface area contributed by atoms with Crippen LogP contribution >= 0.6 is 0 Å². The van der Waals surface area contributed by atoms with Crippen molar-refractivity contribution in [3.63, 3.8) is 0 Å². The molecule has 1 amide bonds. The molecule has 0 unspecified atom stereocenters. The van der Waals surface area contributed by atoms with Crippen LogP contribution in [0.15, 0.2) is 48.8 Å². The lowest BCUT2D eigenvalue weighted by atomic mass is 10.2. The first-order valence-electron chi connectivity index (χ1n) is 6.87. The van der Waals surface area contributed by atoms with Crippen LogP contribution in [-0.4, -0.2) is 23.1 Å². The van der Waals surface area contributed by atoms with Gasteiger partial charge < -0.3 is 14.6 Å². The molecule has 0 fully saturated rings. The van der Waals surface area contributed by atoms with Gasteiger partial charge in [-0.1, -0.05) is 0 Å². The van der Waals surface area contributed by atoms with Gasteiger partial charge in [-0.25, -0.2) is 4.79 Å². The summed E-state index contributed by atoms with van der Waals surface area (Å²) in [5, 5.41) is 2.80. The zero-order valence-electron chi connectivity index (χ0n) is 11.9. The van der Waals surface area contributed by atoms with Gasteiger partial charge in [0.2, 0.25) is 5.91 Å². The third-order valence-corrected chi connectivity index (χ3v) is 2.94. The van der Waals surface area contributed by atoms with Gasteiger partial charge in [-0.2, -0.15) is 0 Å². The summed E-state index contributed by atoms with van der Waals surface area (Å²) in [6, 6.07) is 10.5. The van der Waals surface area contributed by atoms with E-state index in [0.717, 1.165) is 0 Å². The van der Waals surface area contributed by atoms with Crippen LogP contribution in [-0.2, 0) is 16.1 Å². The molecule has 1 N–H and O–H groups in total. The lowest BCUT2D eigenvalue weighted by Gasteiger charge is -2.07. The fourth-order valence-corrected chi connectivity index (χ4v) is 1.88. The van der Waals surface area contributed by atoms with Crippen molar-refractivity contribution in [3.8, 4) is 0 Å². The summed E-state index contributed by atoms with van der Waals surface area (Å²) in [5.41, 5.74) is 1.14. The van der Waals surface area contributed by atoms with Crippen molar-refractivity contribution in [1.82, 2.24) is 4.57 Å². The van der Waals surface area contributed by atoms with Crippen molar-refractivity contribution in [2.45, 2.75) is 19.9 Å². The van der Waals surface area contributed by atoms with Gasteiger partial charge in [-0.3, -0.25) is 4.79 Å². The summed E-state index contributed by atoms with van der Waals surface area (Å²) in [6.07, 6.45) is 4.23. The summed E-state index contributed by atoms with van der Waals surface area (Å²) in [5.74, 6) is -0.421. The number of rotatable bonds is 6. The number of esters is 1. The molecule has 1 aromatic heterocycles. The largest absolute Gasteiger partial charge is 0.462 e. The number of amides is 1. The van der Waals surface area contributed by atoms with Gasteiger partial charge in [0.05, 0.1) is 12.2 Å². The molecule has 1 aromatic carbocycles. The summed E-state index contributed by atoms with van der Waals surface area (Å²) in [7, 11) is 0. The Labute approximate surface area is 123 Å². The predicted molar refractivity (Wildman–Crippen MR) is 80.1 cm³/mol. The molecule has 2 rings (SSSR count). The van der Waals surface area contributed by atoms with E-state index in [9.17, 15) is 9.59 Å². The Balaban J connectivity index is 1.85. The van der Waals surface area contributed by atoms with Crippen LogP contribution in [0.4, 0.5) is 5.69 Å². The molecule has 5 nitrogen and oxygen atoms in total. The SMILES string of the molecule is CCOC(=O)c1ccc(NC(=O)CCn2cccc2)cc1. The van der Waals surface area contributed by atoms with E-state index in [-0.39, 0.29) is 11.9 Å². The molecule has 21 heavy (non-hydrogen) atoms. The van der Waals surface area contributed by atoms with E-state index >= 15 is 0 Å². The first-order valence-corrected chi connectivity index (χ1v) is 6.87. The lowest BCUT2D eigenvalue weighted by Crippen LogP contribution is -2.14. The van der Waals surface area contributed by atoms with Crippen LogP contribution in [0.5, 0.6) is 0 Å². The zero-order chi connectivity index (χ0) is 15.1. The maximum absolute atomic E-state index is 11.8. The van der Waals surface area contributed by atoms with Crippen molar-refractivity contribution < 1.29 is 14.3 Å². The molecule has 0 aliphatic rings. The summed E-state index contributed by atoms with van der Waals surface area (Å²) >= 11 is 0. The highest BCUT2D eigenvalue weighted by Crippen LogP contribution is 2.11. The number of anilines is 1. The Morgan fingerprint density at radius 3 is 2.43 bits per heavy atom. The number of carbonyl (C=O) groups excluding carboxylic acids is 2. The molecule has 0 saturated heterocycles. The Morgan fingerprint density at radius 1 is 1.14 bits per heavy atom. The van der Waals surface area contributed by atoms with Gasteiger partial charge >= 0.3 is 5.97 Å². The number of carbonyl (C=O) groups is 2. The Kier molecular flexibility index (Phi) is 5.15. The summed E-state index contributed by atoms with van der Waals surface area (Å²) in [6.45, 7) is 2.74. The number of benzene rings is 1. The fourth-order valence-electron chi connectivity index (χ4n) is 1.88. The minimum Gasteiger partial charge on any atom is -0.462 e. The number of ether oxygens (including phenoxy) is 1. The zero-order valence-corrected chi connectivity index (χ0v) is 11.9. The van der Waals surface area contributed by atoms with Crippen LogP contribution in [0, 0.1) is 0 Å². The van der Waals surface area contributed by atoms with E-state index in [0.29, 0.717) is 30.8 Å². The molecule has 0 saturated carbocycles. The van der Waals surface area contributed by atoms with Gasteiger partial charge in [0, 0.05) is 31.0 Å². The van der Waals surface area contributed by atoms with Gasteiger partial charge in [-0.05, 0) is 43.3 Å². The van der Waals surface area contributed by atoms with E-state index in [1.54, 1.807) is 31.2 Å². The van der Waals surface area contributed by atoms with Gasteiger partial charge in [-0.15, -0.1) is 0 Å². The van der Waals surface area contributed by atoms with E-state index in [4.69, 9.17) is 4.74 Å². The third kappa shape index (κ3) is 4.49. The average molecular weight is 286 g/mol. The highest BCUT2D eigenvalue weighted by atomic mass is 16.5. The first-order chi connectivity index (χ1) is 10.2. The van der Waals surface area contributed by atoms with Crippen molar-refractivity contribution in [1.29, 1.82) is 0 Å². The van der Waals surface area contributed by atoms with Crippen LogP contribution in [0.1, 0.15) is 23.7 Å². The van der Waals surface area contributed by atoms with E-state index in [2.05, 4.69) is 5.32 Å². The quantitative estimate of drug-likeness (QED) is 0.831. The predicted octanol–water partition coefficient (Wildman–Crippen LogP) is 2.69. The lowest BCUT2D eigenvalue weighted by molar-refractivity contribution is -0.116. The molecule has 0 aliphatic carbocycles. The molecule has 0 radical (unpaired) electrons. The second-order valence-corrected chi connectivity index (χ2v) is 4.52. The normalized spacial score (nSPS) is 10.1. The van der Waals surface area contributed by atoms with E-state index < -0.39 is 0 Å². The highest BCUT2D eigenvalue weighted by Gasteiger charge is 2.07. The second-order valence-electron chi connectivity index (χ2n) is 4.52. The Bertz CT molecular complexity index is 588. The van der Waals surface area contributed by atoms with Gasteiger partial charge in [0.25, 0.3) is 0 Å². The van der Waals surface area contributed by atoms with Gasteiger partial charge in [0.1, 0.15) is 0 Å². The molecule has 1 heterocycles. The molecule has 5 heteroatoms. The summed E-state index contributed by atoms with van der Waals surface area (Å²) < 4.78 is 6.85. The molecule has 0 bridgehead atoms. The maximum Gasteiger partial charge on any atom is 0.338 e. The van der Waals surface area contributed by atoms with E-state index in [1.165, 1.54) is 0 Å². The molecule has 110 valence electrons. The number of hydrogen-bond acceptors (Lipinski definition) is 3. The number of nitrogens with zero attached hydrogens (tertiary/aromatic N) is 1.